The van der Waals surface area contributed by atoms with E-state index in [2.05, 4.69) is 15.3 Å². The molecule has 0 aromatic carbocycles. The minimum atomic E-state index is -0.210. The zero-order valence-electron chi connectivity index (χ0n) is 9.50. The van der Waals surface area contributed by atoms with Gasteiger partial charge < -0.3 is 4.98 Å². The first-order valence-corrected chi connectivity index (χ1v) is 7.17. The fourth-order valence-electron chi connectivity index (χ4n) is 2.02. The van der Waals surface area contributed by atoms with Crippen molar-refractivity contribution in [3.63, 3.8) is 0 Å². The number of aromatic amines is 1. The van der Waals surface area contributed by atoms with Crippen LogP contribution < -0.4 is 5.56 Å². The third-order valence-corrected chi connectivity index (χ3v) is 4.57. The molecule has 0 radical (unpaired) electrons. The second-order valence-corrected chi connectivity index (χ2v) is 5.86. The Morgan fingerprint density at radius 3 is 3.06 bits per heavy atom. The Kier molecular flexibility index (Phi) is 2.71. The minimum absolute atomic E-state index is 0.0350. The van der Waals surface area contributed by atoms with Gasteiger partial charge in [0.15, 0.2) is 0 Å². The summed E-state index contributed by atoms with van der Waals surface area (Å²) >= 11 is 7.67. The summed E-state index contributed by atoms with van der Waals surface area (Å²) in [6.45, 7) is 1.98. The Morgan fingerprint density at radius 1 is 1.65 bits per heavy atom. The second kappa shape index (κ2) is 4.10. The van der Waals surface area contributed by atoms with Gasteiger partial charge in [-0.25, -0.2) is 4.98 Å². The molecule has 1 fully saturated rings. The van der Waals surface area contributed by atoms with E-state index in [-0.39, 0.29) is 10.9 Å². The van der Waals surface area contributed by atoms with Crippen molar-refractivity contribution in [1.82, 2.24) is 9.97 Å². The summed E-state index contributed by atoms with van der Waals surface area (Å²) in [5.41, 5.74) is 1.14. The van der Waals surface area contributed by atoms with Crippen LogP contribution in [-0.4, -0.2) is 9.97 Å². The lowest BCUT2D eigenvalue weighted by atomic mass is 10.1. The van der Waals surface area contributed by atoms with Crippen molar-refractivity contribution in [2.45, 2.75) is 37.5 Å². The van der Waals surface area contributed by atoms with Crippen molar-refractivity contribution in [3.05, 3.63) is 27.1 Å². The molecule has 1 N–H and O–H groups in total. The minimum Gasteiger partial charge on any atom is -0.309 e. The van der Waals surface area contributed by atoms with Crippen LogP contribution in [0.15, 0.2) is 10.2 Å². The molecule has 1 atom stereocenters. The summed E-state index contributed by atoms with van der Waals surface area (Å²) in [4.78, 5) is 20.2. The van der Waals surface area contributed by atoms with Crippen LogP contribution in [0.4, 0.5) is 0 Å². The van der Waals surface area contributed by atoms with E-state index in [4.69, 9.17) is 11.6 Å². The number of thiophene rings is 1. The highest BCUT2D eigenvalue weighted by Crippen LogP contribution is 2.44. The highest BCUT2D eigenvalue weighted by molar-refractivity contribution is 7.16. The summed E-state index contributed by atoms with van der Waals surface area (Å²) in [5.74, 6) is 1.17. The first-order valence-electron chi connectivity index (χ1n) is 5.86. The van der Waals surface area contributed by atoms with E-state index in [9.17, 15) is 4.79 Å². The molecule has 0 saturated heterocycles. The number of aromatic nitrogens is 2. The van der Waals surface area contributed by atoms with Gasteiger partial charge >= 0.3 is 0 Å². The normalized spacial score (nSPS) is 17.5. The van der Waals surface area contributed by atoms with Crippen LogP contribution >= 0.6 is 22.9 Å². The number of fused-ring (bicyclic) bond motifs is 1. The van der Waals surface area contributed by atoms with Gasteiger partial charge in [-0.2, -0.15) is 0 Å². The number of hydrogen-bond acceptors (Lipinski definition) is 3. The standard InChI is InChI=1S/C12H13ClN2OS/c1-2-8(13)10-14-11(16)9-7(6-3-4-6)5-17-12(9)15-10/h5-6,8H,2-4H2,1H3,(H,14,15,16). The number of nitrogens with zero attached hydrogens (tertiary/aromatic N) is 1. The van der Waals surface area contributed by atoms with Gasteiger partial charge in [0.25, 0.3) is 5.56 Å². The molecule has 5 heteroatoms. The number of rotatable bonds is 3. The molecule has 1 saturated carbocycles. The molecule has 0 amide bonds. The van der Waals surface area contributed by atoms with E-state index < -0.39 is 0 Å². The monoisotopic (exact) mass is 268 g/mol. The summed E-state index contributed by atoms with van der Waals surface area (Å²) in [6, 6.07) is 0. The van der Waals surface area contributed by atoms with Crippen LogP contribution in [0.2, 0.25) is 0 Å². The number of halogens is 1. The van der Waals surface area contributed by atoms with Crippen molar-refractivity contribution < 1.29 is 0 Å². The third-order valence-electron chi connectivity index (χ3n) is 3.16. The van der Waals surface area contributed by atoms with Crippen LogP contribution in [0.5, 0.6) is 0 Å². The SMILES string of the molecule is CCC(Cl)c1nc2scc(C3CC3)c2c(=O)[nH]1. The molecule has 2 aromatic rings. The number of nitrogens with one attached hydrogen (secondary N) is 1. The number of H-pyrrole nitrogens is 1. The molecular weight excluding hydrogens is 256 g/mol. The lowest BCUT2D eigenvalue weighted by Gasteiger charge is -2.05. The van der Waals surface area contributed by atoms with Gasteiger partial charge in [0.1, 0.15) is 10.7 Å². The molecule has 0 spiro atoms. The Morgan fingerprint density at radius 2 is 2.41 bits per heavy atom. The maximum absolute atomic E-state index is 12.1. The maximum atomic E-state index is 12.1. The lowest BCUT2D eigenvalue weighted by Crippen LogP contribution is -2.12. The van der Waals surface area contributed by atoms with Gasteiger partial charge in [-0.15, -0.1) is 22.9 Å². The van der Waals surface area contributed by atoms with E-state index in [0.717, 1.165) is 16.6 Å². The predicted molar refractivity (Wildman–Crippen MR) is 71.1 cm³/mol. The first-order chi connectivity index (χ1) is 8.20. The van der Waals surface area contributed by atoms with E-state index in [1.807, 2.05) is 6.92 Å². The average molecular weight is 269 g/mol. The zero-order chi connectivity index (χ0) is 12.0. The highest BCUT2D eigenvalue weighted by Gasteiger charge is 2.28. The van der Waals surface area contributed by atoms with Gasteiger partial charge in [-0.05, 0) is 36.1 Å². The lowest BCUT2D eigenvalue weighted by molar-refractivity contribution is 0.806. The van der Waals surface area contributed by atoms with Crippen molar-refractivity contribution in [1.29, 1.82) is 0 Å². The molecule has 1 aliphatic carbocycles. The van der Waals surface area contributed by atoms with E-state index in [1.165, 1.54) is 18.4 Å². The van der Waals surface area contributed by atoms with Crippen molar-refractivity contribution in [3.8, 4) is 0 Å². The fourth-order valence-corrected chi connectivity index (χ4v) is 3.16. The summed E-state index contributed by atoms with van der Waals surface area (Å²) in [5, 5.41) is 2.64. The predicted octanol–water partition coefficient (Wildman–Crippen LogP) is 3.55. The Labute approximate surface area is 108 Å². The number of alkyl halides is 1. The largest absolute Gasteiger partial charge is 0.309 e. The first kappa shape index (κ1) is 11.2. The van der Waals surface area contributed by atoms with Crippen LogP contribution in [0.1, 0.15) is 48.9 Å². The molecular formula is C12H13ClN2OS. The molecule has 1 aliphatic rings. The quantitative estimate of drug-likeness (QED) is 0.866. The van der Waals surface area contributed by atoms with Crippen molar-refractivity contribution >= 4 is 33.2 Å². The molecule has 3 nitrogen and oxygen atoms in total. The molecule has 1 unspecified atom stereocenters. The van der Waals surface area contributed by atoms with Gasteiger partial charge in [-0.3, -0.25) is 4.79 Å². The molecule has 2 aromatic heterocycles. The molecule has 2 heterocycles. The summed E-state index contributed by atoms with van der Waals surface area (Å²) < 4.78 is 0. The molecule has 17 heavy (non-hydrogen) atoms. The topological polar surface area (TPSA) is 45.8 Å². The Balaban J connectivity index is 2.18. The Hall–Kier alpha value is -0.870. The van der Waals surface area contributed by atoms with Gasteiger partial charge in [0, 0.05) is 0 Å². The fraction of sp³-hybridized carbons (Fsp3) is 0.500. The maximum Gasteiger partial charge on any atom is 0.259 e. The molecule has 0 aliphatic heterocycles. The molecule has 90 valence electrons. The third kappa shape index (κ3) is 1.89. The van der Waals surface area contributed by atoms with Crippen LogP contribution in [0.25, 0.3) is 10.2 Å². The molecule has 0 bridgehead atoms. The second-order valence-electron chi connectivity index (χ2n) is 4.47. The van der Waals surface area contributed by atoms with Crippen LogP contribution in [0, 0.1) is 0 Å². The average Bonchev–Trinajstić information content (AvgIpc) is 3.08. The smallest absolute Gasteiger partial charge is 0.259 e. The van der Waals surface area contributed by atoms with Crippen molar-refractivity contribution in [2.75, 3.05) is 0 Å². The molecule has 3 rings (SSSR count). The van der Waals surface area contributed by atoms with Crippen LogP contribution in [0.3, 0.4) is 0 Å². The number of hydrogen-bond donors (Lipinski definition) is 1. The van der Waals surface area contributed by atoms with E-state index in [0.29, 0.717) is 11.7 Å². The highest BCUT2D eigenvalue weighted by atomic mass is 35.5. The van der Waals surface area contributed by atoms with Gasteiger partial charge in [-0.1, -0.05) is 6.92 Å². The van der Waals surface area contributed by atoms with E-state index in [1.54, 1.807) is 11.3 Å². The summed E-state index contributed by atoms with van der Waals surface area (Å²) in [7, 11) is 0. The zero-order valence-corrected chi connectivity index (χ0v) is 11.1. The van der Waals surface area contributed by atoms with Gasteiger partial charge in [0.05, 0.1) is 10.8 Å². The summed E-state index contributed by atoms with van der Waals surface area (Å²) in [6.07, 6.45) is 3.15. The Bertz CT molecular complexity index is 614. The van der Waals surface area contributed by atoms with E-state index >= 15 is 0 Å². The van der Waals surface area contributed by atoms with Gasteiger partial charge in [0.2, 0.25) is 0 Å². The van der Waals surface area contributed by atoms with Crippen LogP contribution in [-0.2, 0) is 0 Å². The van der Waals surface area contributed by atoms with Crippen molar-refractivity contribution in [2.24, 2.45) is 0 Å².